The van der Waals surface area contributed by atoms with Crippen molar-refractivity contribution in [2.75, 3.05) is 17.9 Å². The van der Waals surface area contributed by atoms with E-state index in [1.807, 2.05) is 0 Å². The van der Waals surface area contributed by atoms with Crippen molar-refractivity contribution in [3.05, 3.63) is 60.2 Å². The van der Waals surface area contributed by atoms with Crippen LogP contribution < -0.4 is 10.0 Å². The number of benzene rings is 2. The van der Waals surface area contributed by atoms with Crippen molar-refractivity contribution in [2.24, 2.45) is 0 Å². The van der Waals surface area contributed by atoms with Crippen LogP contribution in [0.4, 0.5) is 5.69 Å². The number of amides is 1. The molecule has 8 heteroatoms. The summed E-state index contributed by atoms with van der Waals surface area (Å²) in [5.41, 5.74) is 0.593. The summed E-state index contributed by atoms with van der Waals surface area (Å²) < 4.78 is 31.9. The molecule has 1 amide bonds. The van der Waals surface area contributed by atoms with Crippen LogP contribution in [-0.2, 0) is 19.6 Å². The maximum absolute atomic E-state index is 12.3. The van der Waals surface area contributed by atoms with Crippen LogP contribution in [0.15, 0.2) is 59.5 Å². The van der Waals surface area contributed by atoms with Crippen molar-refractivity contribution in [2.45, 2.75) is 11.8 Å². The number of esters is 1. The Morgan fingerprint density at radius 2 is 1.64 bits per heavy atom. The van der Waals surface area contributed by atoms with Gasteiger partial charge in [0.2, 0.25) is 0 Å². The Bertz CT molecular complexity index is 833. The van der Waals surface area contributed by atoms with E-state index >= 15 is 0 Å². The van der Waals surface area contributed by atoms with E-state index in [1.54, 1.807) is 37.3 Å². The van der Waals surface area contributed by atoms with E-state index < -0.39 is 21.9 Å². The summed E-state index contributed by atoms with van der Waals surface area (Å²) in [5.74, 6) is -1.10. The van der Waals surface area contributed by atoms with Crippen LogP contribution in [0.5, 0.6) is 0 Å². The molecule has 0 heterocycles. The van der Waals surface area contributed by atoms with Crippen molar-refractivity contribution in [1.82, 2.24) is 5.32 Å². The normalized spacial score (nSPS) is 10.8. The van der Waals surface area contributed by atoms with Gasteiger partial charge < -0.3 is 10.1 Å². The molecule has 2 aromatic rings. The number of hydrogen-bond acceptors (Lipinski definition) is 5. The molecule has 0 radical (unpaired) electrons. The number of carbonyl (C=O) groups is 2. The smallest absolute Gasteiger partial charge is 0.338 e. The van der Waals surface area contributed by atoms with Gasteiger partial charge in [-0.1, -0.05) is 18.2 Å². The lowest BCUT2D eigenvalue weighted by molar-refractivity contribution is -0.124. The van der Waals surface area contributed by atoms with Crippen molar-refractivity contribution in [1.29, 1.82) is 0 Å². The summed E-state index contributed by atoms with van der Waals surface area (Å²) in [6.45, 7) is 1.81. The third kappa shape index (κ3) is 5.32. The predicted octanol–water partition coefficient (Wildman–Crippen LogP) is 1.78. The first-order chi connectivity index (χ1) is 11.9. The molecule has 7 nitrogen and oxygen atoms in total. The Morgan fingerprint density at radius 3 is 2.24 bits per heavy atom. The number of sulfonamides is 1. The summed E-state index contributed by atoms with van der Waals surface area (Å²) in [6.07, 6.45) is 0. The van der Waals surface area contributed by atoms with E-state index in [2.05, 4.69) is 10.0 Å². The summed E-state index contributed by atoms with van der Waals surface area (Å²) in [7, 11) is -3.76. The monoisotopic (exact) mass is 362 g/mol. The molecule has 0 unspecified atom stereocenters. The van der Waals surface area contributed by atoms with Gasteiger partial charge in [0.05, 0.1) is 10.5 Å². The number of carbonyl (C=O) groups excluding carboxylic acids is 2. The van der Waals surface area contributed by atoms with E-state index in [4.69, 9.17) is 4.74 Å². The average Bonchev–Trinajstić information content (AvgIpc) is 2.60. The fraction of sp³-hybridized carbons (Fsp3) is 0.176. The lowest BCUT2D eigenvalue weighted by Gasteiger charge is -2.09. The second-order valence-corrected chi connectivity index (χ2v) is 6.71. The van der Waals surface area contributed by atoms with Gasteiger partial charge in [0.1, 0.15) is 0 Å². The van der Waals surface area contributed by atoms with Crippen LogP contribution in [0.3, 0.4) is 0 Å². The van der Waals surface area contributed by atoms with Crippen LogP contribution in [0.1, 0.15) is 17.3 Å². The zero-order valence-corrected chi connectivity index (χ0v) is 14.4. The summed E-state index contributed by atoms with van der Waals surface area (Å²) in [4.78, 5) is 23.1. The van der Waals surface area contributed by atoms with Crippen molar-refractivity contribution < 1.29 is 22.7 Å². The highest BCUT2D eigenvalue weighted by Crippen LogP contribution is 2.16. The molecule has 0 spiro atoms. The molecule has 0 aromatic heterocycles. The minimum absolute atomic E-state index is 0.0108. The molecule has 0 atom stereocenters. The second kappa shape index (κ2) is 8.29. The largest absolute Gasteiger partial charge is 0.452 e. The number of para-hydroxylation sites is 1. The topological polar surface area (TPSA) is 102 Å². The van der Waals surface area contributed by atoms with Crippen molar-refractivity contribution in [3.8, 4) is 0 Å². The van der Waals surface area contributed by atoms with E-state index in [0.29, 0.717) is 12.2 Å². The lowest BCUT2D eigenvalue weighted by atomic mass is 10.2. The number of rotatable bonds is 7. The fourth-order valence-electron chi connectivity index (χ4n) is 1.95. The van der Waals surface area contributed by atoms with Crippen LogP contribution >= 0.6 is 0 Å². The summed E-state index contributed by atoms with van der Waals surface area (Å²) in [6, 6.07) is 13.7. The lowest BCUT2D eigenvalue weighted by Crippen LogP contribution is -2.28. The highest BCUT2D eigenvalue weighted by molar-refractivity contribution is 7.92. The van der Waals surface area contributed by atoms with Crippen LogP contribution in [0, 0.1) is 0 Å². The molecule has 2 rings (SSSR count). The molecule has 25 heavy (non-hydrogen) atoms. The van der Waals surface area contributed by atoms with Gasteiger partial charge in [0.15, 0.2) is 6.61 Å². The van der Waals surface area contributed by atoms with Gasteiger partial charge in [0, 0.05) is 12.2 Å². The van der Waals surface area contributed by atoms with Gasteiger partial charge in [-0.25, -0.2) is 13.2 Å². The van der Waals surface area contributed by atoms with Crippen molar-refractivity contribution in [3.63, 3.8) is 0 Å². The van der Waals surface area contributed by atoms with Gasteiger partial charge in [-0.05, 0) is 43.3 Å². The summed E-state index contributed by atoms with van der Waals surface area (Å²) >= 11 is 0. The zero-order chi connectivity index (χ0) is 18.3. The highest BCUT2D eigenvalue weighted by atomic mass is 32.2. The Balaban J connectivity index is 2.03. The van der Waals surface area contributed by atoms with Crippen molar-refractivity contribution >= 4 is 27.6 Å². The second-order valence-electron chi connectivity index (χ2n) is 5.03. The molecule has 0 aliphatic heterocycles. The number of nitrogens with one attached hydrogen (secondary N) is 2. The fourth-order valence-corrected chi connectivity index (χ4v) is 3.01. The Hall–Kier alpha value is -2.87. The maximum atomic E-state index is 12.3. The highest BCUT2D eigenvalue weighted by Gasteiger charge is 2.16. The molecule has 0 fully saturated rings. The standard InChI is InChI=1S/C17H18N2O5S/c1-2-18-16(20)12-24-17(21)13-8-10-15(11-9-13)25(22,23)19-14-6-4-3-5-7-14/h3-11,19H,2,12H2,1H3,(H,18,20). The molecule has 0 saturated carbocycles. The molecular formula is C17H18N2O5S. The molecule has 0 aliphatic carbocycles. The van der Waals surface area contributed by atoms with E-state index in [0.717, 1.165) is 0 Å². The van der Waals surface area contributed by atoms with Crippen LogP contribution in [-0.4, -0.2) is 33.4 Å². The number of ether oxygens (including phenoxy) is 1. The molecule has 2 N–H and O–H groups in total. The maximum Gasteiger partial charge on any atom is 0.338 e. The van der Waals surface area contributed by atoms with Gasteiger partial charge >= 0.3 is 5.97 Å². The quantitative estimate of drug-likeness (QED) is 0.731. The Morgan fingerprint density at radius 1 is 1.00 bits per heavy atom. The van der Waals surface area contributed by atoms with Crippen LogP contribution in [0.25, 0.3) is 0 Å². The first-order valence-corrected chi connectivity index (χ1v) is 9.02. The molecule has 0 bridgehead atoms. The molecule has 0 aliphatic rings. The first-order valence-electron chi connectivity index (χ1n) is 7.54. The third-order valence-electron chi connectivity index (χ3n) is 3.13. The molecule has 132 valence electrons. The third-order valence-corrected chi connectivity index (χ3v) is 4.53. The molecule has 0 saturated heterocycles. The number of hydrogen-bond donors (Lipinski definition) is 2. The predicted molar refractivity (Wildman–Crippen MR) is 92.7 cm³/mol. The molecule has 2 aromatic carbocycles. The minimum atomic E-state index is -3.76. The van der Waals surface area contributed by atoms with E-state index in [1.165, 1.54) is 24.3 Å². The Kier molecular flexibility index (Phi) is 6.13. The minimum Gasteiger partial charge on any atom is -0.452 e. The SMILES string of the molecule is CCNC(=O)COC(=O)c1ccc(S(=O)(=O)Nc2ccccc2)cc1. The molecular weight excluding hydrogens is 344 g/mol. The van der Waals surface area contributed by atoms with Gasteiger partial charge in [-0.15, -0.1) is 0 Å². The Labute approximate surface area is 146 Å². The number of anilines is 1. The van der Waals surface area contributed by atoms with Gasteiger partial charge in [-0.2, -0.15) is 0 Å². The van der Waals surface area contributed by atoms with Gasteiger partial charge in [0.25, 0.3) is 15.9 Å². The first kappa shape index (κ1) is 18.5. The van der Waals surface area contributed by atoms with E-state index in [-0.39, 0.29) is 17.1 Å². The van der Waals surface area contributed by atoms with Crippen LogP contribution in [0.2, 0.25) is 0 Å². The number of likely N-dealkylation sites (N-methyl/N-ethyl adjacent to an activating group) is 1. The summed E-state index contributed by atoms with van der Waals surface area (Å²) in [5, 5.41) is 2.50. The zero-order valence-electron chi connectivity index (χ0n) is 13.6. The van der Waals surface area contributed by atoms with E-state index in [9.17, 15) is 18.0 Å². The average molecular weight is 362 g/mol. The van der Waals surface area contributed by atoms with Gasteiger partial charge in [-0.3, -0.25) is 9.52 Å².